The summed E-state index contributed by atoms with van der Waals surface area (Å²) in [6.45, 7) is 2.47. The van der Waals surface area contributed by atoms with Crippen LogP contribution in [-0.2, 0) is 11.3 Å². The van der Waals surface area contributed by atoms with E-state index in [0.29, 0.717) is 45.4 Å². The van der Waals surface area contributed by atoms with E-state index < -0.39 is 6.03 Å². The van der Waals surface area contributed by atoms with Crippen LogP contribution in [0.5, 0.6) is 5.75 Å². The van der Waals surface area contributed by atoms with E-state index in [-0.39, 0.29) is 17.6 Å². The molecule has 0 aliphatic carbocycles. The molecule has 3 aromatic rings. The fraction of sp³-hybridized carbons (Fsp3) is 0.261. The number of carbonyl (C=O) groups is 1. The molecule has 11 heteroatoms. The Morgan fingerprint density at radius 2 is 1.76 bits per heavy atom. The number of carbonyl (C=O) groups excluding carboxylic acids is 1. The molecule has 0 fully saturated rings. The van der Waals surface area contributed by atoms with Gasteiger partial charge in [-0.2, -0.15) is 4.98 Å². The van der Waals surface area contributed by atoms with Gasteiger partial charge in [0.05, 0.1) is 29.4 Å². The van der Waals surface area contributed by atoms with Crippen LogP contribution in [0, 0.1) is 0 Å². The first-order chi connectivity index (χ1) is 16.3. The predicted octanol–water partition coefficient (Wildman–Crippen LogP) is 5.94. The fourth-order valence-corrected chi connectivity index (χ4v) is 3.80. The number of anilines is 3. The van der Waals surface area contributed by atoms with E-state index in [1.165, 1.54) is 4.90 Å². The molecule has 180 valence electrons. The molecule has 2 N–H and O–H groups in total. The maximum Gasteiger partial charge on any atom is 0.327 e. The number of benzene rings is 2. The van der Waals surface area contributed by atoms with Gasteiger partial charge >= 0.3 is 6.03 Å². The lowest BCUT2D eigenvalue weighted by Gasteiger charge is -2.23. The van der Waals surface area contributed by atoms with Crippen LogP contribution in [-0.4, -0.2) is 42.9 Å². The second-order valence-corrected chi connectivity index (χ2v) is 8.45. The third kappa shape index (κ3) is 6.42. The summed E-state index contributed by atoms with van der Waals surface area (Å²) in [4.78, 5) is 23.6. The molecule has 8 nitrogen and oxygen atoms in total. The Hall–Kier alpha value is -2.78. The Labute approximate surface area is 213 Å². The van der Waals surface area contributed by atoms with E-state index >= 15 is 0 Å². The van der Waals surface area contributed by atoms with E-state index in [0.717, 1.165) is 0 Å². The molecule has 1 aromatic heterocycles. The van der Waals surface area contributed by atoms with Crippen molar-refractivity contribution >= 4 is 58.3 Å². The number of nitrogens with zero attached hydrogens (tertiary/aromatic N) is 3. The largest absolute Gasteiger partial charge is 0.497 e. The lowest BCUT2D eigenvalue weighted by Crippen LogP contribution is -2.37. The number of amides is 2. The summed E-state index contributed by atoms with van der Waals surface area (Å²) in [5, 5.41) is 7.02. The number of hydrogen-bond donors (Lipinski definition) is 2. The molecule has 1 heterocycles. The van der Waals surface area contributed by atoms with Crippen molar-refractivity contribution in [2.45, 2.75) is 19.5 Å². The summed E-state index contributed by atoms with van der Waals surface area (Å²) >= 11 is 18.7. The normalized spacial score (nSPS) is 11.6. The zero-order valence-corrected chi connectivity index (χ0v) is 21.1. The first-order valence-electron chi connectivity index (χ1n) is 10.3. The number of nitrogens with one attached hydrogen (secondary N) is 2. The van der Waals surface area contributed by atoms with Crippen molar-refractivity contribution in [2.24, 2.45) is 0 Å². The number of urea groups is 1. The van der Waals surface area contributed by atoms with Gasteiger partial charge in [-0.3, -0.25) is 0 Å². The van der Waals surface area contributed by atoms with Crippen LogP contribution in [0.3, 0.4) is 0 Å². The molecule has 0 aliphatic rings. The topological polar surface area (TPSA) is 88.6 Å². The molecule has 0 saturated carbocycles. The summed E-state index contributed by atoms with van der Waals surface area (Å²) in [5.74, 6) is 1.36. The van der Waals surface area contributed by atoms with Crippen LogP contribution in [0.15, 0.2) is 48.7 Å². The lowest BCUT2D eigenvalue weighted by molar-refractivity contribution is 0.190. The molecule has 2 aromatic carbocycles. The van der Waals surface area contributed by atoms with Gasteiger partial charge in [0, 0.05) is 42.5 Å². The van der Waals surface area contributed by atoms with Gasteiger partial charge in [-0.15, -0.1) is 0 Å². The van der Waals surface area contributed by atoms with Crippen LogP contribution < -0.4 is 20.3 Å². The molecular weight excluding hydrogens is 501 g/mol. The molecule has 1 atom stereocenters. The summed E-state index contributed by atoms with van der Waals surface area (Å²) in [7, 11) is 3.19. The Morgan fingerprint density at radius 1 is 1.06 bits per heavy atom. The molecule has 0 saturated heterocycles. The zero-order valence-electron chi connectivity index (χ0n) is 18.8. The SMILES string of the molecule is COCC(C)Nc1nccc(N(C(=O)NCc2c(Cl)ccc(Cl)c2Cl)c2ccc(OC)cc2)n1. The Morgan fingerprint density at radius 3 is 2.44 bits per heavy atom. The molecule has 0 aliphatic heterocycles. The highest BCUT2D eigenvalue weighted by molar-refractivity contribution is 6.44. The van der Waals surface area contributed by atoms with E-state index in [4.69, 9.17) is 44.3 Å². The molecule has 3 rings (SSSR count). The predicted molar refractivity (Wildman–Crippen MR) is 136 cm³/mol. The first kappa shape index (κ1) is 25.8. The molecule has 0 radical (unpaired) electrons. The maximum absolute atomic E-state index is 13.4. The number of methoxy groups -OCH3 is 2. The van der Waals surface area contributed by atoms with Gasteiger partial charge in [0.25, 0.3) is 0 Å². The van der Waals surface area contributed by atoms with Gasteiger partial charge in [-0.25, -0.2) is 14.7 Å². The Bertz CT molecular complexity index is 1130. The van der Waals surface area contributed by atoms with Gasteiger partial charge in [-0.1, -0.05) is 34.8 Å². The number of rotatable bonds is 9. The fourth-order valence-electron chi connectivity index (χ4n) is 3.11. The van der Waals surface area contributed by atoms with Crippen molar-refractivity contribution in [3.05, 3.63) is 69.3 Å². The number of aromatic nitrogens is 2. The summed E-state index contributed by atoms with van der Waals surface area (Å²) in [6.07, 6.45) is 1.57. The number of halogens is 3. The number of hydrogen-bond acceptors (Lipinski definition) is 6. The van der Waals surface area contributed by atoms with Gasteiger partial charge in [0.1, 0.15) is 11.6 Å². The minimum Gasteiger partial charge on any atom is -0.497 e. The molecule has 0 bridgehead atoms. The van der Waals surface area contributed by atoms with E-state index in [1.54, 1.807) is 62.9 Å². The van der Waals surface area contributed by atoms with Crippen LogP contribution in [0.25, 0.3) is 0 Å². The smallest absolute Gasteiger partial charge is 0.327 e. The highest BCUT2D eigenvalue weighted by Gasteiger charge is 2.21. The standard InChI is InChI=1S/C23H24Cl3N5O3/c1-14(13-33-2)29-22-27-11-10-20(30-22)31(15-4-6-16(34-3)7-5-15)23(32)28-12-17-18(24)8-9-19(25)21(17)26/h4-11,14H,12-13H2,1-3H3,(H,28,32)(H,27,29,30). The molecular formula is C23H24Cl3N5O3. The molecule has 1 unspecified atom stereocenters. The van der Waals surface area contributed by atoms with Gasteiger partial charge < -0.3 is 20.1 Å². The van der Waals surface area contributed by atoms with Gasteiger partial charge in [0.2, 0.25) is 5.95 Å². The van der Waals surface area contributed by atoms with Crippen LogP contribution >= 0.6 is 34.8 Å². The highest BCUT2D eigenvalue weighted by Crippen LogP contribution is 2.32. The minimum absolute atomic E-state index is 0.0318. The third-order valence-corrected chi connectivity index (χ3v) is 5.95. The third-order valence-electron chi connectivity index (χ3n) is 4.75. The summed E-state index contributed by atoms with van der Waals surface area (Å²) in [6, 6.07) is 11.4. The van der Waals surface area contributed by atoms with Crippen LogP contribution in [0.1, 0.15) is 12.5 Å². The van der Waals surface area contributed by atoms with E-state index in [1.807, 2.05) is 6.92 Å². The zero-order chi connectivity index (χ0) is 24.7. The Balaban J connectivity index is 1.91. The molecule has 0 spiro atoms. The van der Waals surface area contributed by atoms with Crippen molar-refractivity contribution in [3.8, 4) is 5.75 Å². The summed E-state index contributed by atoms with van der Waals surface area (Å²) in [5.41, 5.74) is 1.08. The molecule has 2 amide bonds. The Kier molecular flexibility index (Phi) is 9.18. The summed E-state index contributed by atoms with van der Waals surface area (Å²) < 4.78 is 10.4. The van der Waals surface area contributed by atoms with Crippen molar-refractivity contribution in [1.29, 1.82) is 0 Å². The van der Waals surface area contributed by atoms with Crippen molar-refractivity contribution in [2.75, 3.05) is 31.0 Å². The average molecular weight is 525 g/mol. The van der Waals surface area contributed by atoms with Crippen molar-refractivity contribution < 1.29 is 14.3 Å². The quantitative estimate of drug-likeness (QED) is 0.337. The van der Waals surface area contributed by atoms with Gasteiger partial charge in [0.15, 0.2) is 0 Å². The first-order valence-corrected chi connectivity index (χ1v) is 11.4. The number of ether oxygens (including phenoxy) is 2. The van der Waals surface area contributed by atoms with Crippen molar-refractivity contribution in [1.82, 2.24) is 15.3 Å². The van der Waals surface area contributed by atoms with Crippen LogP contribution in [0.4, 0.5) is 22.2 Å². The van der Waals surface area contributed by atoms with E-state index in [2.05, 4.69) is 20.6 Å². The van der Waals surface area contributed by atoms with E-state index in [9.17, 15) is 4.79 Å². The van der Waals surface area contributed by atoms with Crippen molar-refractivity contribution in [3.63, 3.8) is 0 Å². The second-order valence-electron chi connectivity index (χ2n) is 7.25. The monoisotopic (exact) mass is 523 g/mol. The van der Waals surface area contributed by atoms with Crippen LogP contribution in [0.2, 0.25) is 15.1 Å². The minimum atomic E-state index is -0.452. The highest BCUT2D eigenvalue weighted by atomic mass is 35.5. The van der Waals surface area contributed by atoms with Gasteiger partial charge in [-0.05, 0) is 43.3 Å². The lowest BCUT2D eigenvalue weighted by atomic mass is 10.2. The molecule has 34 heavy (non-hydrogen) atoms. The average Bonchev–Trinajstić information content (AvgIpc) is 2.82. The maximum atomic E-state index is 13.4. The second kappa shape index (κ2) is 12.1.